The third kappa shape index (κ3) is 5.20. The smallest absolute Gasteiger partial charge is 0.271 e. The molecule has 37 heavy (non-hydrogen) atoms. The maximum Gasteiger partial charge on any atom is 0.271 e. The Balaban J connectivity index is 1.75. The number of hydrogen-bond donors (Lipinski definition) is 3. The maximum absolute atomic E-state index is 13.0. The number of ether oxygens (including phenoxy) is 1. The Kier molecular flexibility index (Phi) is 7.05. The van der Waals surface area contributed by atoms with Gasteiger partial charge in [-0.3, -0.25) is 19.7 Å². The van der Waals surface area contributed by atoms with Crippen molar-refractivity contribution in [2.45, 2.75) is 0 Å². The lowest BCUT2D eigenvalue weighted by Crippen LogP contribution is -2.17. The first-order chi connectivity index (χ1) is 17.8. The standard InChI is InChI=1S/C26H21N5O6/c1-27-25(33)16-10-11-21(22(13-16)37-2)29-30-23-19-9-4-3-6-15(19)12-20(24(23)32)26(34)28-17-7-5-8-18(14-17)31(35)36/h3-14,32H,1-2H3,(H,27,33)(H,28,34). The molecule has 4 aromatic carbocycles. The molecule has 0 saturated heterocycles. The maximum atomic E-state index is 13.0. The number of nitrogens with one attached hydrogen (secondary N) is 2. The first-order valence-corrected chi connectivity index (χ1v) is 10.9. The van der Waals surface area contributed by atoms with Crippen molar-refractivity contribution in [2.75, 3.05) is 19.5 Å². The van der Waals surface area contributed by atoms with Gasteiger partial charge >= 0.3 is 0 Å². The number of phenols is 1. The number of carbonyl (C=O) groups is 2. The van der Waals surface area contributed by atoms with Crippen LogP contribution in [0.3, 0.4) is 0 Å². The number of methoxy groups -OCH3 is 1. The summed E-state index contributed by atoms with van der Waals surface area (Å²) in [6.45, 7) is 0. The summed E-state index contributed by atoms with van der Waals surface area (Å²) >= 11 is 0. The van der Waals surface area contributed by atoms with Gasteiger partial charge in [-0.15, -0.1) is 10.2 Å². The zero-order valence-electron chi connectivity index (χ0n) is 19.8. The molecular weight excluding hydrogens is 478 g/mol. The molecule has 0 atom stereocenters. The van der Waals surface area contributed by atoms with Crippen LogP contribution in [0.1, 0.15) is 20.7 Å². The molecule has 0 aromatic heterocycles. The molecule has 186 valence electrons. The zero-order valence-corrected chi connectivity index (χ0v) is 19.8. The van der Waals surface area contributed by atoms with Gasteiger partial charge in [-0.25, -0.2) is 0 Å². The molecule has 0 saturated carbocycles. The monoisotopic (exact) mass is 499 g/mol. The van der Waals surface area contributed by atoms with Gasteiger partial charge in [0.15, 0.2) is 5.75 Å². The van der Waals surface area contributed by atoms with Crippen molar-refractivity contribution in [3.8, 4) is 11.5 Å². The van der Waals surface area contributed by atoms with Crippen molar-refractivity contribution in [1.82, 2.24) is 5.32 Å². The number of hydrogen-bond acceptors (Lipinski definition) is 8. The van der Waals surface area contributed by atoms with Crippen LogP contribution in [0.4, 0.5) is 22.7 Å². The number of azo groups is 1. The highest BCUT2D eigenvalue weighted by atomic mass is 16.6. The van der Waals surface area contributed by atoms with Crippen molar-refractivity contribution in [2.24, 2.45) is 10.2 Å². The minimum Gasteiger partial charge on any atom is -0.505 e. The molecule has 0 radical (unpaired) electrons. The van der Waals surface area contributed by atoms with Crippen molar-refractivity contribution in [3.63, 3.8) is 0 Å². The molecule has 4 aromatic rings. The molecular formula is C26H21N5O6. The van der Waals surface area contributed by atoms with E-state index in [1.54, 1.807) is 36.4 Å². The van der Waals surface area contributed by atoms with Crippen LogP contribution in [0, 0.1) is 10.1 Å². The van der Waals surface area contributed by atoms with Crippen molar-refractivity contribution in [3.05, 3.63) is 94.0 Å². The molecule has 0 spiro atoms. The van der Waals surface area contributed by atoms with Gasteiger partial charge in [-0.2, -0.15) is 0 Å². The Bertz CT molecular complexity index is 1570. The van der Waals surface area contributed by atoms with E-state index in [0.717, 1.165) is 0 Å². The van der Waals surface area contributed by atoms with E-state index >= 15 is 0 Å². The fraction of sp³-hybridized carbons (Fsp3) is 0.0769. The molecule has 2 amide bonds. The molecule has 11 nitrogen and oxygen atoms in total. The lowest BCUT2D eigenvalue weighted by molar-refractivity contribution is -0.384. The van der Waals surface area contributed by atoms with E-state index in [1.165, 1.54) is 50.6 Å². The summed E-state index contributed by atoms with van der Waals surface area (Å²) in [7, 11) is 2.94. The Labute approximate surface area is 210 Å². The number of fused-ring (bicyclic) bond motifs is 1. The quantitative estimate of drug-likeness (QED) is 0.173. The minimum atomic E-state index is -0.687. The van der Waals surface area contributed by atoms with Gasteiger partial charge in [0.25, 0.3) is 17.5 Å². The summed E-state index contributed by atoms with van der Waals surface area (Å²) in [6.07, 6.45) is 0. The van der Waals surface area contributed by atoms with Crippen LogP contribution in [-0.2, 0) is 0 Å². The van der Waals surface area contributed by atoms with Crippen LogP contribution in [0.25, 0.3) is 10.8 Å². The second-order valence-electron chi connectivity index (χ2n) is 7.77. The molecule has 4 rings (SSSR count). The van der Waals surface area contributed by atoms with Gasteiger partial charge in [0.2, 0.25) is 0 Å². The fourth-order valence-electron chi connectivity index (χ4n) is 3.64. The number of nitro benzene ring substituents is 1. The lowest BCUT2D eigenvalue weighted by Gasteiger charge is -2.11. The Morgan fingerprint density at radius 1 is 0.973 bits per heavy atom. The van der Waals surface area contributed by atoms with Crippen LogP contribution in [-0.4, -0.2) is 36.0 Å². The third-order valence-electron chi connectivity index (χ3n) is 5.48. The highest BCUT2D eigenvalue weighted by Gasteiger charge is 2.19. The van der Waals surface area contributed by atoms with Gasteiger partial charge < -0.3 is 20.5 Å². The number of non-ortho nitro benzene ring substituents is 1. The van der Waals surface area contributed by atoms with Gasteiger partial charge in [0.1, 0.15) is 17.1 Å². The predicted molar refractivity (Wildman–Crippen MR) is 137 cm³/mol. The molecule has 0 aliphatic heterocycles. The summed E-state index contributed by atoms with van der Waals surface area (Å²) in [5, 5.41) is 36.7. The zero-order chi connectivity index (χ0) is 26.5. The van der Waals surface area contributed by atoms with Crippen LogP contribution in [0.15, 0.2) is 83.0 Å². The van der Waals surface area contributed by atoms with E-state index in [2.05, 4.69) is 20.9 Å². The molecule has 0 aliphatic rings. The molecule has 0 unspecified atom stereocenters. The summed E-state index contributed by atoms with van der Waals surface area (Å²) in [5.41, 5.74) is 0.611. The summed E-state index contributed by atoms with van der Waals surface area (Å²) in [6, 6.07) is 18.5. The van der Waals surface area contributed by atoms with E-state index < -0.39 is 16.6 Å². The van der Waals surface area contributed by atoms with Crippen molar-refractivity contribution in [1.29, 1.82) is 0 Å². The number of rotatable bonds is 7. The molecule has 0 heterocycles. The highest BCUT2D eigenvalue weighted by molar-refractivity contribution is 6.11. The number of phenolic OH excluding ortho intramolecular Hbond substituents is 1. The first-order valence-electron chi connectivity index (χ1n) is 10.9. The lowest BCUT2D eigenvalue weighted by atomic mass is 10.0. The fourth-order valence-corrected chi connectivity index (χ4v) is 3.64. The van der Waals surface area contributed by atoms with Gasteiger partial charge in [0, 0.05) is 35.8 Å². The van der Waals surface area contributed by atoms with Crippen molar-refractivity contribution < 1.29 is 24.4 Å². The Morgan fingerprint density at radius 3 is 2.49 bits per heavy atom. The molecule has 3 N–H and O–H groups in total. The Hall–Kier alpha value is -5.32. The van der Waals surface area contributed by atoms with Gasteiger partial charge in [0.05, 0.1) is 17.6 Å². The minimum absolute atomic E-state index is 0.0414. The van der Waals surface area contributed by atoms with Crippen LogP contribution in [0.2, 0.25) is 0 Å². The van der Waals surface area contributed by atoms with E-state index in [1.807, 2.05) is 0 Å². The SMILES string of the molecule is CNC(=O)c1ccc(N=Nc2c(O)c(C(=O)Nc3cccc([N+](=O)[O-])c3)cc3ccccc23)c(OC)c1. The molecule has 0 aliphatic carbocycles. The van der Waals surface area contributed by atoms with Crippen LogP contribution < -0.4 is 15.4 Å². The third-order valence-corrected chi connectivity index (χ3v) is 5.48. The van der Waals surface area contributed by atoms with Crippen LogP contribution >= 0.6 is 0 Å². The predicted octanol–water partition coefficient (Wildman–Crippen LogP) is 5.49. The summed E-state index contributed by atoms with van der Waals surface area (Å²) < 4.78 is 5.33. The number of nitro groups is 1. The average Bonchev–Trinajstić information content (AvgIpc) is 2.91. The molecule has 11 heteroatoms. The van der Waals surface area contributed by atoms with E-state index in [0.29, 0.717) is 22.0 Å². The molecule has 0 bridgehead atoms. The number of amides is 2. The first kappa shape index (κ1) is 24.8. The van der Waals surface area contributed by atoms with Crippen molar-refractivity contribution >= 4 is 45.3 Å². The van der Waals surface area contributed by atoms with E-state index in [9.17, 15) is 24.8 Å². The van der Waals surface area contributed by atoms with E-state index in [-0.39, 0.29) is 34.3 Å². The van der Waals surface area contributed by atoms with E-state index in [4.69, 9.17) is 4.74 Å². The topological polar surface area (TPSA) is 156 Å². The largest absolute Gasteiger partial charge is 0.505 e. The van der Waals surface area contributed by atoms with Gasteiger partial charge in [-0.05, 0) is 35.7 Å². The number of aromatic hydroxyl groups is 1. The average molecular weight is 499 g/mol. The summed E-state index contributed by atoms with van der Waals surface area (Å²) in [4.78, 5) is 35.5. The number of carbonyl (C=O) groups excluding carboxylic acids is 2. The normalized spacial score (nSPS) is 10.9. The number of benzene rings is 4. The second kappa shape index (κ2) is 10.5. The molecule has 0 fully saturated rings. The summed E-state index contributed by atoms with van der Waals surface area (Å²) in [5.74, 6) is -1.12. The highest BCUT2D eigenvalue weighted by Crippen LogP contribution is 2.40. The number of anilines is 1. The second-order valence-corrected chi connectivity index (χ2v) is 7.77. The van der Waals surface area contributed by atoms with Gasteiger partial charge in [-0.1, -0.05) is 30.3 Å². The number of nitrogens with zero attached hydrogens (tertiary/aromatic N) is 3. The van der Waals surface area contributed by atoms with Crippen LogP contribution in [0.5, 0.6) is 11.5 Å². The Morgan fingerprint density at radius 2 is 1.76 bits per heavy atom.